The molecule has 2 rings (SSSR count). The van der Waals surface area contributed by atoms with Gasteiger partial charge in [0.15, 0.2) is 6.29 Å². The van der Waals surface area contributed by atoms with Gasteiger partial charge in [0.1, 0.15) is 16.2 Å². The van der Waals surface area contributed by atoms with E-state index < -0.39 is 16.4 Å². The third kappa shape index (κ3) is 4.87. The second kappa shape index (κ2) is 7.75. The molecule has 0 bridgehead atoms. The van der Waals surface area contributed by atoms with E-state index in [1.807, 2.05) is 45.0 Å². The molecule has 2 unspecified atom stereocenters. The highest BCUT2D eigenvalue weighted by molar-refractivity contribution is 6.33. The van der Waals surface area contributed by atoms with E-state index in [9.17, 15) is 4.79 Å². The molecule has 1 aliphatic heterocycles. The fourth-order valence-electron chi connectivity index (χ4n) is 2.43. The van der Waals surface area contributed by atoms with Crippen molar-refractivity contribution in [1.82, 2.24) is 0 Å². The standard InChI is InChI=1S/C19H27ClO4/c1-5-19(4,20)17(21)24-18(2,3)14-9-11-15(12-10-14)23-16-8-6-7-13-22-16/h9-12,16H,5-8,13H2,1-4H3. The van der Waals surface area contributed by atoms with E-state index >= 15 is 0 Å². The van der Waals surface area contributed by atoms with Crippen LogP contribution in [0, 0.1) is 0 Å². The number of ether oxygens (including phenoxy) is 3. The first-order valence-corrected chi connectivity index (χ1v) is 8.93. The molecular weight excluding hydrogens is 328 g/mol. The maximum Gasteiger partial charge on any atom is 0.327 e. The number of hydrogen-bond acceptors (Lipinski definition) is 4. The van der Waals surface area contributed by atoms with Gasteiger partial charge in [-0.2, -0.15) is 0 Å². The molecule has 0 radical (unpaired) electrons. The molecule has 1 aromatic rings. The summed E-state index contributed by atoms with van der Waals surface area (Å²) >= 11 is 6.19. The molecule has 0 aliphatic carbocycles. The van der Waals surface area contributed by atoms with Crippen molar-refractivity contribution in [2.75, 3.05) is 6.61 Å². The number of carbonyl (C=O) groups excluding carboxylic acids is 1. The smallest absolute Gasteiger partial charge is 0.327 e. The average Bonchev–Trinajstić information content (AvgIpc) is 2.56. The van der Waals surface area contributed by atoms with Crippen LogP contribution in [0.4, 0.5) is 0 Å². The van der Waals surface area contributed by atoms with Gasteiger partial charge in [-0.05, 0) is 57.7 Å². The average molecular weight is 355 g/mol. The molecule has 5 heteroatoms. The van der Waals surface area contributed by atoms with E-state index in [1.54, 1.807) is 6.92 Å². The Morgan fingerprint density at radius 3 is 2.46 bits per heavy atom. The third-order valence-electron chi connectivity index (χ3n) is 4.39. The maximum atomic E-state index is 12.2. The minimum absolute atomic E-state index is 0.169. The van der Waals surface area contributed by atoms with Crippen molar-refractivity contribution in [1.29, 1.82) is 0 Å². The Hall–Kier alpha value is -1.26. The van der Waals surface area contributed by atoms with Crippen molar-refractivity contribution in [2.24, 2.45) is 0 Å². The summed E-state index contributed by atoms with van der Waals surface area (Å²) in [5, 5.41) is 0. The molecule has 0 amide bonds. The normalized spacial score (nSPS) is 21.0. The number of hydrogen-bond donors (Lipinski definition) is 0. The van der Waals surface area contributed by atoms with Crippen LogP contribution in [0.5, 0.6) is 5.75 Å². The van der Waals surface area contributed by atoms with E-state index in [1.165, 1.54) is 0 Å². The van der Waals surface area contributed by atoms with Gasteiger partial charge in [-0.1, -0.05) is 19.1 Å². The van der Waals surface area contributed by atoms with Gasteiger partial charge in [0.2, 0.25) is 0 Å². The van der Waals surface area contributed by atoms with Crippen LogP contribution in [0.3, 0.4) is 0 Å². The van der Waals surface area contributed by atoms with Gasteiger partial charge in [0, 0.05) is 6.42 Å². The Balaban J connectivity index is 2.01. The Morgan fingerprint density at radius 2 is 1.92 bits per heavy atom. The largest absolute Gasteiger partial charge is 0.465 e. The van der Waals surface area contributed by atoms with Crippen molar-refractivity contribution >= 4 is 17.6 Å². The van der Waals surface area contributed by atoms with E-state index in [-0.39, 0.29) is 6.29 Å². The van der Waals surface area contributed by atoms with Gasteiger partial charge in [0.05, 0.1) is 6.61 Å². The molecular formula is C19H27ClO4. The first-order chi connectivity index (χ1) is 11.2. The summed E-state index contributed by atoms with van der Waals surface area (Å²) in [7, 11) is 0. The Kier molecular flexibility index (Phi) is 6.16. The van der Waals surface area contributed by atoms with E-state index in [0.717, 1.165) is 37.2 Å². The van der Waals surface area contributed by atoms with Crippen LogP contribution >= 0.6 is 11.6 Å². The first kappa shape index (κ1) is 19.1. The zero-order valence-corrected chi connectivity index (χ0v) is 15.7. The van der Waals surface area contributed by atoms with Crippen molar-refractivity contribution in [3.8, 4) is 5.75 Å². The number of halogens is 1. The number of alkyl halides is 1. The Bertz CT molecular complexity index is 545. The van der Waals surface area contributed by atoms with Crippen LogP contribution in [0.1, 0.15) is 58.9 Å². The van der Waals surface area contributed by atoms with Gasteiger partial charge in [0.25, 0.3) is 0 Å². The second-order valence-electron chi connectivity index (χ2n) is 6.89. The number of carbonyl (C=O) groups is 1. The Morgan fingerprint density at radius 1 is 1.25 bits per heavy atom. The summed E-state index contributed by atoms with van der Waals surface area (Å²) in [6.45, 7) is 8.00. The van der Waals surface area contributed by atoms with Gasteiger partial charge in [-0.3, -0.25) is 4.79 Å². The predicted molar refractivity (Wildman–Crippen MR) is 94.3 cm³/mol. The van der Waals surface area contributed by atoms with Crippen LogP contribution in [-0.2, 0) is 19.9 Å². The minimum atomic E-state index is -1.00. The van der Waals surface area contributed by atoms with Gasteiger partial charge < -0.3 is 14.2 Å². The molecule has 1 saturated heterocycles. The quantitative estimate of drug-likeness (QED) is 0.545. The molecule has 0 spiro atoms. The summed E-state index contributed by atoms with van der Waals surface area (Å²) in [5.74, 6) is 0.344. The van der Waals surface area contributed by atoms with Crippen LogP contribution in [0.15, 0.2) is 24.3 Å². The van der Waals surface area contributed by atoms with Crippen LogP contribution < -0.4 is 4.74 Å². The summed E-state index contributed by atoms with van der Waals surface area (Å²) in [4.78, 5) is 11.2. The molecule has 24 heavy (non-hydrogen) atoms. The highest BCUT2D eigenvalue weighted by Crippen LogP contribution is 2.31. The fraction of sp³-hybridized carbons (Fsp3) is 0.632. The van der Waals surface area contributed by atoms with Crippen LogP contribution in [-0.4, -0.2) is 23.7 Å². The highest BCUT2D eigenvalue weighted by atomic mass is 35.5. The molecule has 4 nitrogen and oxygen atoms in total. The summed E-state index contributed by atoms with van der Waals surface area (Å²) < 4.78 is 17.0. The van der Waals surface area contributed by atoms with Crippen molar-refractivity contribution in [3.05, 3.63) is 29.8 Å². The molecule has 1 aliphatic rings. The summed E-state index contributed by atoms with van der Waals surface area (Å²) in [5.41, 5.74) is 0.124. The molecule has 0 aromatic heterocycles. The molecule has 2 atom stereocenters. The lowest BCUT2D eigenvalue weighted by molar-refractivity contribution is -0.160. The number of esters is 1. The topological polar surface area (TPSA) is 44.8 Å². The van der Waals surface area contributed by atoms with E-state index in [0.29, 0.717) is 6.42 Å². The molecule has 1 heterocycles. The molecule has 0 N–H and O–H groups in total. The predicted octanol–water partition coefficient (Wildman–Crippen LogP) is 4.78. The maximum absolute atomic E-state index is 12.2. The highest BCUT2D eigenvalue weighted by Gasteiger charge is 2.35. The lowest BCUT2D eigenvalue weighted by Gasteiger charge is -2.30. The van der Waals surface area contributed by atoms with Crippen LogP contribution in [0.2, 0.25) is 0 Å². The van der Waals surface area contributed by atoms with Crippen molar-refractivity contribution in [2.45, 2.75) is 70.1 Å². The van der Waals surface area contributed by atoms with Crippen molar-refractivity contribution < 1.29 is 19.0 Å². The minimum Gasteiger partial charge on any atom is -0.465 e. The number of benzene rings is 1. The van der Waals surface area contributed by atoms with E-state index in [4.69, 9.17) is 25.8 Å². The third-order valence-corrected chi connectivity index (χ3v) is 4.81. The number of rotatable bonds is 6. The monoisotopic (exact) mass is 354 g/mol. The SMILES string of the molecule is CCC(C)(Cl)C(=O)OC(C)(C)c1ccc(OC2CCCCO2)cc1. The lowest BCUT2D eigenvalue weighted by atomic mass is 9.97. The van der Waals surface area contributed by atoms with Gasteiger partial charge in [-0.15, -0.1) is 11.6 Å². The second-order valence-corrected chi connectivity index (χ2v) is 7.72. The van der Waals surface area contributed by atoms with Crippen molar-refractivity contribution in [3.63, 3.8) is 0 Å². The molecule has 1 aromatic carbocycles. The zero-order valence-electron chi connectivity index (χ0n) is 14.9. The Labute approximate surface area is 149 Å². The van der Waals surface area contributed by atoms with E-state index in [2.05, 4.69) is 0 Å². The lowest BCUT2D eigenvalue weighted by Crippen LogP contribution is -2.36. The summed E-state index contributed by atoms with van der Waals surface area (Å²) in [6, 6.07) is 7.57. The van der Waals surface area contributed by atoms with Gasteiger partial charge >= 0.3 is 5.97 Å². The molecule has 1 fully saturated rings. The van der Waals surface area contributed by atoms with Gasteiger partial charge in [-0.25, -0.2) is 0 Å². The first-order valence-electron chi connectivity index (χ1n) is 8.56. The summed E-state index contributed by atoms with van der Waals surface area (Å²) in [6.07, 6.45) is 3.47. The zero-order chi connectivity index (χ0) is 17.8. The fourth-order valence-corrected chi connectivity index (χ4v) is 2.47. The molecule has 0 saturated carbocycles. The molecule has 134 valence electrons. The van der Waals surface area contributed by atoms with Crippen LogP contribution in [0.25, 0.3) is 0 Å².